The van der Waals surface area contributed by atoms with E-state index in [1.165, 1.54) is 6.08 Å². The van der Waals surface area contributed by atoms with Crippen LogP contribution in [0.3, 0.4) is 0 Å². The van der Waals surface area contributed by atoms with Crippen molar-refractivity contribution in [3.05, 3.63) is 59.7 Å². The first kappa shape index (κ1) is 24.3. The second kappa shape index (κ2) is 11.1. The van der Waals surface area contributed by atoms with Crippen LogP contribution < -0.4 is 9.47 Å². The summed E-state index contributed by atoms with van der Waals surface area (Å²) in [5, 5.41) is 0. The van der Waals surface area contributed by atoms with E-state index in [4.69, 9.17) is 9.47 Å². The molecule has 1 saturated heterocycles. The van der Waals surface area contributed by atoms with Gasteiger partial charge in [-0.05, 0) is 61.2 Å². The molecule has 182 valence electrons. The lowest BCUT2D eigenvalue weighted by Gasteiger charge is -2.22. The zero-order chi connectivity index (χ0) is 24.0. The summed E-state index contributed by atoms with van der Waals surface area (Å²) in [4.78, 5) is 14.8. The molecule has 0 atom stereocenters. The summed E-state index contributed by atoms with van der Waals surface area (Å²) >= 11 is 0. The summed E-state index contributed by atoms with van der Waals surface area (Å²) in [7, 11) is -3.48. The zero-order valence-electron chi connectivity index (χ0n) is 19.6. The lowest BCUT2D eigenvalue weighted by atomic mass is 10.1. The third-order valence-corrected chi connectivity index (χ3v) is 8.09. The third kappa shape index (κ3) is 5.80. The second-order valence-electron chi connectivity index (χ2n) is 8.55. The van der Waals surface area contributed by atoms with Crippen LogP contribution >= 0.6 is 0 Å². The van der Waals surface area contributed by atoms with Crippen LogP contribution in [0.1, 0.15) is 43.7 Å². The molecule has 2 aliphatic rings. The summed E-state index contributed by atoms with van der Waals surface area (Å²) in [6.07, 6.45) is 7.21. The Balaban J connectivity index is 1.39. The number of carbonyl (C=O) groups excluding carboxylic acids is 1. The smallest absolute Gasteiger partial charge is 0.246 e. The molecule has 0 unspecified atom stereocenters. The van der Waals surface area contributed by atoms with Crippen LogP contribution in [0, 0.1) is 0 Å². The second-order valence-corrected chi connectivity index (χ2v) is 10.5. The molecule has 4 rings (SSSR count). The van der Waals surface area contributed by atoms with Crippen molar-refractivity contribution in [2.24, 2.45) is 0 Å². The molecule has 0 aromatic heterocycles. The van der Waals surface area contributed by atoms with E-state index in [1.807, 2.05) is 25.1 Å². The predicted octanol–water partition coefficient (Wildman–Crippen LogP) is 4.08. The van der Waals surface area contributed by atoms with Gasteiger partial charge in [0.15, 0.2) is 11.5 Å². The highest BCUT2D eigenvalue weighted by Gasteiger charge is 2.24. The highest BCUT2D eigenvalue weighted by molar-refractivity contribution is 7.89. The molecule has 0 saturated carbocycles. The maximum absolute atomic E-state index is 12.9. The molecule has 0 bridgehead atoms. The molecule has 0 radical (unpaired) electrons. The normalized spacial score (nSPS) is 16.9. The third-order valence-electron chi connectivity index (χ3n) is 6.17. The van der Waals surface area contributed by atoms with Crippen molar-refractivity contribution in [2.45, 2.75) is 44.0 Å². The highest BCUT2D eigenvalue weighted by atomic mass is 32.2. The Bertz CT molecular complexity index is 1120. The van der Waals surface area contributed by atoms with Crippen molar-refractivity contribution in [3.63, 3.8) is 0 Å². The van der Waals surface area contributed by atoms with Crippen molar-refractivity contribution < 1.29 is 22.7 Å². The van der Waals surface area contributed by atoms with Gasteiger partial charge in [0.05, 0.1) is 4.90 Å². The average molecular weight is 485 g/mol. The lowest BCUT2D eigenvalue weighted by Crippen LogP contribution is -2.31. The Morgan fingerprint density at radius 1 is 0.971 bits per heavy atom. The largest absolute Gasteiger partial charge is 0.486 e. The molecule has 1 amide bonds. The maximum atomic E-state index is 12.9. The van der Waals surface area contributed by atoms with Crippen molar-refractivity contribution in [2.75, 3.05) is 32.8 Å². The Hall–Kier alpha value is -2.84. The molecule has 0 N–H and O–H groups in total. The van der Waals surface area contributed by atoms with Crippen molar-refractivity contribution in [1.29, 1.82) is 0 Å². The monoisotopic (exact) mass is 484 g/mol. The number of hydrogen-bond acceptors (Lipinski definition) is 5. The van der Waals surface area contributed by atoms with Gasteiger partial charge in [0.2, 0.25) is 15.9 Å². The van der Waals surface area contributed by atoms with E-state index in [0.29, 0.717) is 50.0 Å². The van der Waals surface area contributed by atoms with Gasteiger partial charge in [0.25, 0.3) is 0 Å². The summed E-state index contributed by atoms with van der Waals surface area (Å²) in [5.74, 6) is 1.32. The van der Waals surface area contributed by atoms with E-state index in [1.54, 1.807) is 39.5 Å². The average Bonchev–Trinajstić information content (AvgIpc) is 3.16. The minimum atomic E-state index is -3.48. The maximum Gasteiger partial charge on any atom is 0.246 e. The highest BCUT2D eigenvalue weighted by Crippen LogP contribution is 2.31. The Labute approximate surface area is 202 Å². The van der Waals surface area contributed by atoms with Gasteiger partial charge >= 0.3 is 0 Å². The van der Waals surface area contributed by atoms with Gasteiger partial charge < -0.3 is 14.4 Å². The van der Waals surface area contributed by atoms with Crippen molar-refractivity contribution in [1.82, 2.24) is 9.21 Å². The van der Waals surface area contributed by atoms with Gasteiger partial charge in [0, 0.05) is 32.3 Å². The van der Waals surface area contributed by atoms with Crippen molar-refractivity contribution >= 4 is 22.0 Å². The van der Waals surface area contributed by atoms with E-state index in [-0.39, 0.29) is 5.91 Å². The topological polar surface area (TPSA) is 76.1 Å². The van der Waals surface area contributed by atoms with Gasteiger partial charge in [0.1, 0.15) is 13.2 Å². The van der Waals surface area contributed by atoms with Crippen LogP contribution in [0.5, 0.6) is 11.5 Å². The van der Waals surface area contributed by atoms with Crippen LogP contribution in [0.15, 0.2) is 53.4 Å². The van der Waals surface area contributed by atoms with Gasteiger partial charge in [-0.15, -0.1) is 0 Å². The molecule has 8 heteroatoms. The van der Waals surface area contributed by atoms with Gasteiger partial charge in [-0.3, -0.25) is 4.79 Å². The first-order valence-corrected chi connectivity index (χ1v) is 13.4. The fraction of sp³-hybridized carbons (Fsp3) is 0.423. The number of sulfonamides is 1. The molecule has 0 aliphatic carbocycles. The van der Waals surface area contributed by atoms with Crippen LogP contribution in [0.25, 0.3) is 6.08 Å². The standard InChI is InChI=1S/C26H32N2O5S/c1-2-27(20-22-9-13-24-25(19-22)33-18-17-32-24)26(29)14-10-21-7-11-23(12-8-21)34(30,31)28-15-5-3-4-6-16-28/h7-14,19H,2-6,15-18,20H2,1H3. The molecular weight excluding hydrogens is 452 g/mol. The van der Waals surface area contributed by atoms with Crippen LogP contribution in [0.2, 0.25) is 0 Å². The quantitative estimate of drug-likeness (QED) is 0.554. The predicted molar refractivity (Wildman–Crippen MR) is 131 cm³/mol. The lowest BCUT2D eigenvalue weighted by molar-refractivity contribution is -0.126. The minimum absolute atomic E-state index is 0.112. The SMILES string of the molecule is CCN(Cc1ccc2c(c1)OCCO2)C(=O)C=Cc1ccc(S(=O)(=O)N2CCCCCC2)cc1. The number of nitrogens with zero attached hydrogens (tertiary/aromatic N) is 2. The number of rotatable bonds is 7. The molecule has 0 spiro atoms. The minimum Gasteiger partial charge on any atom is -0.486 e. The van der Waals surface area contributed by atoms with Crippen LogP contribution in [0.4, 0.5) is 0 Å². The first-order valence-electron chi connectivity index (χ1n) is 11.9. The number of fused-ring (bicyclic) bond motifs is 1. The molecule has 2 aliphatic heterocycles. The number of likely N-dealkylation sites (N-methyl/N-ethyl adjacent to an activating group) is 1. The van der Waals surface area contributed by atoms with E-state index in [9.17, 15) is 13.2 Å². The van der Waals surface area contributed by atoms with E-state index in [2.05, 4.69) is 0 Å². The van der Waals surface area contributed by atoms with E-state index < -0.39 is 10.0 Å². The summed E-state index contributed by atoms with van der Waals surface area (Å²) < 4.78 is 38.7. The van der Waals surface area contributed by atoms with E-state index in [0.717, 1.165) is 42.6 Å². The van der Waals surface area contributed by atoms with Gasteiger partial charge in [-0.2, -0.15) is 4.31 Å². The number of amides is 1. The molecule has 1 fully saturated rings. The molecule has 2 heterocycles. The molecular formula is C26H32N2O5S. The van der Waals surface area contributed by atoms with Gasteiger partial charge in [-0.25, -0.2) is 8.42 Å². The molecule has 2 aromatic rings. The summed E-state index contributed by atoms with van der Waals surface area (Å²) in [6.45, 7) is 5.18. The molecule has 2 aromatic carbocycles. The fourth-order valence-electron chi connectivity index (χ4n) is 4.21. The number of hydrogen-bond donors (Lipinski definition) is 0. The summed E-state index contributed by atoms with van der Waals surface area (Å²) in [5.41, 5.74) is 1.74. The van der Waals surface area contributed by atoms with Crippen molar-refractivity contribution in [3.8, 4) is 11.5 Å². The first-order chi connectivity index (χ1) is 16.5. The molecule has 7 nitrogen and oxygen atoms in total. The van der Waals surface area contributed by atoms with E-state index >= 15 is 0 Å². The fourth-order valence-corrected chi connectivity index (χ4v) is 5.72. The van der Waals surface area contributed by atoms with Crippen LogP contribution in [-0.4, -0.2) is 56.4 Å². The van der Waals surface area contributed by atoms with Gasteiger partial charge in [-0.1, -0.05) is 31.0 Å². The zero-order valence-corrected chi connectivity index (χ0v) is 20.4. The Kier molecular flexibility index (Phi) is 7.90. The number of ether oxygens (including phenoxy) is 2. The number of carbonyl (C=O) groups is 1. The Morgan fingerprint density at radius 2 is 1.65 bits per heavy atom. The number of benzene rings is 2. The molecule has 34 heavy (non-hydrogen) atoms. The van der Waals surface area contributed by atoms with Crippen LogP contribution in [-0.2, 0) is 21.4 Å². The summed E-state index contributed by atoms with van der Waals surface area (Å²) in [6, 6.07) is 12.5. The Morgan fingerprint density at radius 3 is 2.32 bits per heavy atom.